The molecular formula is C14H18BrNO2S. The van der Waals surface area contributed by atoms with Crippen LogP contribution in [-0.2, 0) is 4.79 Å². The molecule has 3 nitrogen and oxygen atoms in total. The molecule has 0 atom stereocenters. The fourth-order valence-corrected chi connectivity index (χ4v) is 3.56. The molecule has 5 heteroatoms. The lowest BCUT2D eigenvalue weighted by molar-refractivity contribution is -0.127. The highest BCUT2D eigenvalue weighted by molar-refractivity contribution is 9.11. The van der Waals surface area contributed by atoms with Crippen LogP contribution in [-0.4, -0.2) is 35.1 Å². The van der Waals surface area contributed by atoms with Crippen molar-refractivity contribution in [3.63, 3.8) is 0 Å². The second kappa shape index (κ2) is 6.20. The molecule has 1 heterocycles. The molecule has 1 N–H and O–H groups in total. The van der Waals surface area contributed by atoms with E-state index in [2.05, 4.69) is 15.9 Å². The van der Waals surface area contributed by atoms with Crippen LogP contribution in [0, 0.1) is 0 Å². The number of rotatable bonds is 4. The van der Waals surface area contributed by atoms with Gasteiger partial charge in [-0.25, -0.2) is 0 Å². The normalized spacial score (nSPS) is 18.1. The zero-order valence-corrected chi connectivity index (χ0v) is 13.3. The van der Waals surface area contributed by atoms with E-state index in [0.717, 1.165) is 35.0 Å². The lowest BCUT2D eigenvalue weighted by atomic mass is 10.0. The Morgan fingerprint density at radius 1 is 1.58 bits per heavy atom. The average molecular weight is 344 g/mol. The van der Waals surface area contributed by atoms with Gasteiger partial charge in [0.2, 0.25) is 5.91 Å². The van der Waals surface area contributed by atoms with E-state index in [0.29, 0.717) is 6.54 Å². The Bertz CT molecular complexity index is 478. The SMILES string of the molecule is CN(CC1(O)CCCC1)C(=O)/C=C/c1csc(Br)c1. The van der Waals surface area contributed by atoms with E-state index in [4.69, 9.17) is 0 Å². The summed E-state index contributed by atoms with van der Waals surface area (Å²) in [6.07, 6.45) is 7.07. The number of likely N-dealkylation sites (N-methyl/N-ethyl adjacent to an activating group) is 1. The molecule has 0 spiro atoms. The van der Waals surface area contributed by atoms with Crippen molar-refractivity contribution in [2.45, 2.75) is 31.3 Å². The maximum atomic E-state index is 12.0. The van der Waals surface area contributed by atoms with E-state index in [1.807, 2.05) is 11.4 Å². The highest BCUT2D eigenvalue weighted by Gasteiger charge is 2.32. The van der Waals surface area contributed by atoms with Crippen molar-refractivity contribution in [3.8, 4) is 0 Å². The van der Waals surface area contributed by atoms with Gasteiger partial charge in [-0.3, -0.25) is 4.79 Å². The zero-order valence-electron chi connectivity index (χ0n) is 10.9. The Kier molecular flexibility index (Phi) is 4.81. The Labute approximate surface area is 126 Å². The third kappa shape index (κ3) is 4.16. The molecule has 1 aliphatic carbocycles. The Hall–Kier alpha value is -0.650. The monoisotopic (exact) mass is 343 g/mol. The summed E-state index contributed by atoms with van der Waals surface area (Å²) in [5.41, 5.74) is 0.335. The van der Waals surface area contributed by atoms with Crippen LogP contribution >= 0.6 is 27.3 Å². The predicted octanol–water partition coefficient (Wildman–Crippen LogP) is 3.29. The number of aliphatic hydroxyl groups is 1. The van der Waals surface area contributed by atoms with Gasteiger partial charge in [0.15, 0.2) is 0 Å². The minimum atomic E-state index is -0.677. The first kappa shape index (κ1) is 14.8. The number of nitrogens with zero attached hydrogens (tertiary/aromatic N) is 1. The highest BCUT2D eigenvalue weighted by atomic mass is 79.9. The van der Waals surface area contributed by atoms with Crippen LogP contribution in [0.3, 0.4) is 0 Å². The van der Waals surface area contributed by atoms with Crippen molar-refractivity contribution >= 4 is 39.2 Å². The molecule has 104 valence electrons. The second-order valence-corrected chi connectivity index (χ2v) is 7.43. The summed E-state index contributed by atoms with van der Waals surface area (Å²) in [5, 5.41) is 12.3. The van der Waals surface area contributed by atoms with E-state index < -0.39 is 5.60 Å². The molecule has 1 aliphatic rings. The van der Waals surface area contributed by atoms with Crippen molar-refractivity contribution in [2.75, 3.05) is 13.6 Å². The van der Waals surface area contributed by atoms with E-state index in [1.165, 1.54) is 0 Å². The van der Waals surface area contributed by atoms with Crippen LogP contribution in [0.2, 0.25) is 0 Å². The van der Waals surface area contributed by atoms with Crippen LogP contribution in [0.1, 0.15) is 31.2 Å². The number of halogens is 1. The van der Waals surface area contributed by atoms with Gasteiger partial charge in [-0.15, -0.1) is 11.3 Å². The first-order chi connectivity index (χ1) is 8.98. The van der Waals surface area contributed by atoms with Crippen molar-refractivity contribution in [1.29, 1.82) is 0 Å². The predicted molar refractivity (Wildman–Crippen MR) is 82.1 cm³/mol. The van der Waals surface area contributed by atoms with Crippen LogP contribution < -0.4 is 0 Å². The summed E-state index contributed by atoms with van der Waals surface area (Å²) in [5.74, 6) is -0.0670. The van der Waals surface area contributed by atoms with Crippen molar-refractivity contribution in [2.24, 2.45) is 0 Å². The lowest BCUT2D eigenvalue weighted by Crippen LogP contribution is -2.41. The van der Waals surface area contributed by atoms with Gasteiger partial charge in [-0.2, -0.15) is 0 Å². The number of carbonyl (C=O) groups excluding carboxylic acids is 1. The van der Waals surface area contributed by atoms with Gasteiger partial charge in [0.1, 0.15) is 0 Å². The largest absolute Gasteiger partial charge is 0.388 e. The third-order valence-electron chi connectivity index (χ3n) is 3.45. The Balaban J connectivity index is 1.90. The number of carbonyl (C=O) groups is 1. The van der Waals surface area contributed by atoms with Gasteiger partial charge in [-0.1, -0.05) is 12.8 Å². The minimum Gasteiger partial charge on any atom is -0.388 e. The molecule has 0 unspecified atom stereocenters. The molecule has 0 radical (unpaired) electrons. The molecule has 1 saturated carbocycles. The molecule has 1 amide bonds. The maximum Gasteiger partial charge on any atom is 0.246 e. The van der Waals surface area contributed by atoms with E-state index in [9.17, 15) is 9.90 Å². The minimum absolute atomic E-state index is 0.0670. The number of thiophene rings is 1. The third-order valence-corrected chi connectivity index (χ3v) is 4.97. The Morgan fingerprint density at radius 3 is 2.84 bits per heavy atom. The summed E-state index contributed by atoms with van der Waals surface area (Å²) < 4.78 is 1.05. The van der Waals surface area contributed by atoms with Crippen LogP contribution in [0.4, 0.5) is 0 Å². The standard InChI is InChI=1S/C14H18BrNO2S/c1-16(10-14(18)6-2-3-7-14)13(17)5-4-11-8-12(15)19-9-11/h4-5,8-9,18H,2-3,6-7,10H2,1H3/b5-4+. The first-order valence-corrected chi connectivity index (χ1v) is 8.05. The smallest absolute Gasteiger partial charge is 0.246 e. The first-order valence-electron chi connectivity index (χ1n) is 6.38. The van der Waals surface area contributed by atoms with Crippen molar-refractivity contribution in [1.82, 2.24) is 4.90 Å². The van der Waals surface area contributed by atoms with Gasteiger partial charge >= 0.3 is 0 Å². The molecule has 0 saturated heterocycles. The lowest BCUT2D eigenvalue weighted by Gasteiger charge is -2.27. The summed E-state index contributed by atoms with van der Waals surface area (Å²) in [6.45, 7) is 0.420. The van der Waals surface area contributed by atoms with Gasteiger partial charge in [-0.05, 0) is 51.9 Å². The van der Waals surface area contributed by atoms with E-state index in [-0.39, 0.29) is 5.91 Å². The fourth-order valence-electron chi connectivity index (χ4n) is 2.42. The van der Waals surface area contributed by atoms with Gasteiger partial charge in [0, 0.05) is 19.7 Å². The highest BCUT2D eigenvalue weighted by Crippen LogP contribution is 2.30. The molecule has 19 heavy (non-hydrogen) atoms. The number of amides is 1. The molecule has 0 aliphatic heterocycles. The molecule has 2 rings (SSSR count). The maximum absolute atomic E-state index is 12.0. The molecular weight excluding hydrogens is 326 g/mol. The Morgan fingerprint density at radius 2 is 2.26 bits per heavy atom. The quantitative estimate of drug-likeness (QED) is 0.852. The van der Waals surface area contributed by atoms with Crippen LogP contribution in [0.15, 0.2) is 21.3 Å². The van der Waals surface area contributed by atoms with Crippen LogP contribution in [0.25, 0.3) is 6.08 Å². The van der Waals surface area contributed by atoms with Gasteiger partial charge in [0.05, 0.1) is 9.39 Å². The average Bonchev–Trinajstić information content (AvgIpc) is 2.95. The number of hydrogen-bond donors (Lipinski definition) is 1. The van der Waals surface area contributed by atoms with Crippen molar-refractivity contribution < 1.29 is 9.90 Å². The van der Waals surface area contributed by atoms with Gasteiger partial charge < -0.3 is 10.0 Å². The zero-order chi connectivity index (χ0) is 13.9. The topological polar surface area (TPSA) is 40.5 Å². The van der Waals surface area contributed by atoms with Crippen LogP contribution in [0.5, 0.6) is 0 Å². The molecule has 1 fully saturated rings. The summed E-state index contributed by atoms with van der Waals surface area (Å²) >= 11 is 4.98. The summed E-state index contributed by atoms with van der Waals surface area (Å²) in [6, 6.07) is 1.97. The summed E-state index contributed by atoms with van der Waals surface area (Å²) in [4.78, 5) is 13.6. The van der Waals surface area contributed by atoms with E-state index >= 15 is 0 Å². The van der Waals surface area contributed by atoms with Crippen molar-refractivity contribution in [3.05, 3.63) is 26.9 Å². The van der Waals surface area contributed by atoms with E-state index in [1.54, 1.807) is 35.4 Å². The summed E-state index contributed by atoms with van der Waals surface area (Å²) in [7, 11) is 1.74. The molecule has 0 bridgehead atoms. The molecule has 1 aromatic rings. The molecule has 1 aromatic heterocycles. The number of hydrogen-bond acceptors (Lipinski definition) is 3. The molecule has 0 aromatic carbocycles. The fraction of sp³-hybridized carbons (Fsp3) is 0.500. The second-order valence-electron chi connectivity index (χ2n) is 5.14. The van der Waals surface area contributed by atoms with Gasteiger partial charge in [0.25, 0.3) is 0 Å².